The quantitative estimate of drug-likeness (QED) is 0.422. The highest BCUT2D eigenvalue weighted by molar-refractivity contribution is 8.78. The summed E-state index contributed by atoms with van der Waals surface area (Å²) in [4.78, 5) is 0. The second-order valence-electron chi connectivity index (χ2n) is 4.51. The van der Waals surface area contributed by atoms with Crippen molar-refractivity contribution < 1.29 is 12.6 Å². The normalized spacial score (nSPS) is 35.8. The van der Waals surface area contributed by atoms with Crippen LogP contribution in [0.5, 0.6) is 0 Å². The van der Waals surface area contributed by atoms with Gasteiger partial charge in [0.05, 0.1) is 15.4 Å². The summed E-state index contributed by atoms with van der Waals surface area (Å²) in [5.41, 5.74) is 0. The van der Waals surface area contributed by atoms with Crippen LogP contribution in [-0.4, -0.2) is 27.5 Å². The molecule has 1 aliphatic heterocycles. The van der Waals surface area contributed by atoms with E-state index in [9.17, 15) is 12.6 Å². The molecule has 0 radical (unpaired) electrons. The Morgan fingerprint density at radius 2 is 1.95 bits per heavy atom. The molecule has 19 heavy (non-hydrogen) atoms. The lowest BCUT2D eigenvalue weighted by Gasteiger charge is -2.15. The molecule has 0 aromatic heterocycles. The fraction of sp³-hybridized carbons (Fsp3) is 0.667. The van der Waals surface area contributed by atoms with Crippen LogP contribution < -0.4 is 0 Å². The largest absolute Gasteiger partial charge is 0.257 e. The third-order valence-electron chi connectivity index (χ3n) is 3.14. The van der Waals surface area contributed by atoms with Gasteiger partial charge in [-0.1, -0.05) is 47.6 Å². The first-order valence-corrected chi connectivity index (χ1v) is 11.3. The Morgan fingerprint density at radius 3 is 2.47 bits per heavy atom. The Balaban J connectivity index is 2.93. The van der Waals surface area contributed by atoms with E-state index in [1.807, 2.05) is 13.8 Å². The summed E-state index contributed by atoms with van der Waals surface area (Å²) in [7, 11) is -1.69. The van der Waals surface area contributed by atoms with E-state index in [1.165, 1.54) is 22.3 Å². The van der Waals surface area contributed by atoms with Crippen LogP contribution in [-0.2, 0) is 20.6 Å². The zero-order chi connectivity index (χ0) is 14.6. The van der Waals surface area contributed by atoms with Gasteiger partial charge in [0.1, 0.15) is 4.58 Å². The molecular weight excluding hydrogens is 320 g/mol. The third kappa shape index (κ3) is 3.89. The molecule has 0 saturated carbocycles. The molecule has 0 N–H and O–H groups in total. The molecule has 1 fully saturated rings. The number of sulfone groups is 1. The van der Waals surface area contributed by atoms with Crippen molar-refractivity contribution in [3.8, 4) is 0 Å². The van der Waals surface area contributed by atoms with Crippen molar-refractivity contribution in [2.75, 3.05) is 5.75 Å². The van der Waals surface area contributed by atoms with Crippen LogP contribution in [0.4, 0.5) is 0 Å². The van der Waals surface area contributed by atoms with Crippen molar-refractivity contribution in [1.29, 1.82) is 0 Å². The summed E-state index contributed by atoms with van der Waals surface area (Å²) in [6, 6.07) is 0. The predicted octanol–water partition coefficient (Wildman–Crippen LogP) is 3.19. The highest BCUT2D eigenvalue weighted by atomic mass is 33.1. The second-order valence-corrected chi connectivity index (χ2v) is 11.3. The van der Waals surface area contributed by atoms with Gasteiger partial charge in [-0.3, -0.25) is 4.21 Å². The number of allylic oxidation sites excluding steroid dienone is 1. The molecule has 0 aromatic carbocycles. The maximum Gasteiger partial charge on any atom is 0.186 e. The standard InChI is InChI=1S/C12H20O3S4/c1-5-7-16-17-11-9(3)10(4)12(18(11)13)19(14,15)8-6-2/h5-6,8-12H,1,7H2,2-4H3/b8-6+/t9-,10-,11-,12+,18?/m1/s1. The molecule has 1 saturated heterocycles. The van der Waals surface area contributed by atoms with E-state index in [0.717, 1.165) is 5.75 Å². The van der Waals surface area contributed by atoms with E-state index in [1.54, 1.807) is 23.8 Å². The molecule has 5 atom stereocenters. The van der Waals surface area contributed by atoms with E-state index in [-0.39, 0.29) is 16.4 Å². The van der Waals surface area contributed by atoms with Crippen molar-refractivity contribution in [3.63, 3.8) is 0 Å². The zero-order valence-electron chi connectivity index (χ0n) is 11.3. The summed E-state index contributed by atoms with van der Waals surface area (Å²) in [6.07, 6.45) is 3.29. The average molecular weight is 341 g/mol. The van der Waals surface area contributed by atoms with Crippen LogP contribution >= 0.6 is 21.6 Å². The Hall–Kier alpha value is 0.280. The van der Waals surface area contributed by atoms with Gasteiger partial charge in [0, 0.05) is 11.2 Å². The minimum Gasteiger partial charge on any atom is -0.257 e. The molecule has 0 aromatic rings. The van der Waals surface area contributed by atoms with E-state index in [0.29, 0.717) is 0 Å². The fourth-order valence-electron chi connectivity index (χ4n) is 2.03. The molecule has 0 aliphatic carbocycles. The summed E-state index contributed by atoms with van der Waals surface area (Å²) in [5, 5.41) is 1.18. The maximum atomic E-state index is 12.5. The van der Waals surface area contributed by atoms with Gasteiger partial charge in [-0.05, 0) is 18.8 Å². The summed E-state index contributed by atoms with van der Waals surface area (Å²) >= 11 is 0. The fourth-order valence-corrected chi connectivity index (χ4v) is 10.9. The zero-order valence-corrected chi connectivity index (χ0v) is 14.6. The second kappa shape index (κ2) is 7.33. The topological polar surface area (TPSA) is 51.2 Å². The van der Waals surface area contributed by atoms with Gasteiger partial charge in [-0.15, -0.1) is 6.58 Å². The molecule has 7 heteroatoms. The predicted molar refractivity (Wildman–Crippen MR) is 88.0 cm³/mol. The monoisotopic (exact) mass is 340 g/mol. The molecule has 0 spiro atoms. The minimum atomic E-state index is -3.43. The first-order chi connectivity index (χ1) is 8.86. The number of hydrogen-bond donors (Lipinski definition) is 0. The van der Waals surface area contributed by atoms with Crippen LogP contribution in [0.2, 0.25) is 0 Å². The van der Waals surface area contributed by atoms with Crippen LogP contribution in [0.15, 0.2) is 24.1 Å². The molecule has 0 amide bonds. The molecule has 3 nitrogen and oxygen atoms in total. The van der Waals surface area contributed by atoms with Gasteiger partial charge >= 0.3 is 0 Å². The van der Waals surface area contributed by atoms with Crippen LogP contribution in [0.25, 0.3) is 0 Å². The van der Waals surface area contributed by atoms with Crippen LogP contribution in [0, 0.1) is 11.8 Å². The average Bonchev–Trinajstić information content (AvgIpc) is 2.53. The molecule has 1 unspecified atom stereocenters. The highest BCUT2D eigenvalue weighted by Gasteiger charge is 2.50. The van der Waals surface area contributed by atoms with Gasteiger partial charge in [0.15, 0.2) is 9.84 Å². The Kier molecular flexibility index (Phi) is 6.69. The number of hydrogen-bond acceptors (Lipinski definition) is 5. The lowest BCUT2D eigenvalue weighted by Crippen LogP contribution is -2.26. The van der Waals surface area contributed by atoms with E-state index in [4.69, 9.17) is 0 Å². The molecule has 1 rings (SSSR count). The number of rotatable bonds is 6. The summed E-state index contributed by atoms with van der Waals surface area (Å²) in [6.45, 7) is 9.17. The molecular formula is C12H20O3S4. The van der Waals surface area contributed by atoms with E-state index >= 15 is 0 Å². The molecule has 1 heterocycles. The Morgan fingerprint density at radius 1 is 1.32 bits per heavy atom. The smallest absolute Gasteiger partial charge is 0.186 e. The lowest BCUT2D eigenvalue weighted by atomic mass is 10.0. The molecule has 110 valence electrons. The van der Waals surface area contributed by atoms with Gasteiger partial charge < -0.3 is 0 Å². The SMILES string of the molecule is C=CCSS[C@H]1[C@H](C)[C@@H](C)[C@H](S(=O)(=O)/C=C/C)S1=O. The van der Waals surface area contributed by atoms with E-state index < -0.39 is 25.2 Å². The molecule has 1 aliphatic rings. The van der Waals surface area contributed by atoms with Gasteiger partial charge in [0.25, 0.3) is 0 Å². The van der Waals surface area contributed by atoms with Crippen molar-refractivity contribution in [1.82, 2.24) is 0 Å². The van der Waals surface area contributed by atoms with Gasteiger partial charge in [0.2, 0.25) is 0 Å². The third-order valence-corrected chi connectivity index (χ3v) is 11.8. The first-order valence-electron chi connectivity index (χ1n) is 6.02. The Labute approximate surface area is 126 Å². The minimum absolute atomic E-state index is 0.0936. The van der Waals surface area contributed by atoms with Gasteiger partial charge in [-0.2, -0.15) is 0 Å². The van der Waals surface area contributed by atoms with Gasteiger partial charge in [-0.25, -0.2) is 8.42 Å². The first kappa shape index (κ1) is 17.3. The summed E-state index contributed by atoms with van der Waals surface area (Å²) < 4.78 is 35.9. The van der Waals surface area contributed by atoms with Crippen molar-refractivity contribution >= 4 is 42.2 Å². The highest BCUT2D eigenvalue weighted by Crippen LogP contribution is 2.46. The Bertz CT molecular complexity index is 469. The lowest BCUT2D eigenvalue weighted by molar-refractivity contribution is 0.458. The van der Waals surface area contributed by atoms with Crippen molar-refractivity contribution in [3.05, 3.63) is 24.1 Å². The van der Waals surface area contributed by atoms with E-state index in [2.05, 4.69) is 6.58 Å². The maximum absolute atomic E-state index is 12.5. The van der Waals surface area contributed by atoms with Crippen LogP contribution in [0.1, 0.15) is 20.8 Å². The summed E-state index contributed by atoms with van der Waals surface area (Å²) in [5.74, 6) is 0.795. The van der Waals surface area contributed by atoms with Crippen molar-refractivity contribution in [2.24, 2.45) is 11.8 Å². The van der Waals surface area contributed by atoms with Crippen molar-refractivity contribution in [2.45, 2.75) is 29.9 Å². The van der Waals surface area contributed by atoms with Crippen LogP contribution in [0.3, 0.4) is 0 Å². The molecule has 0 bridgehead atoms.